The van der Waals surface area contributed by atoms with E-state index in [2.05, 4.69) is 5.43 Å². The second-order valence-electron chi connectivity index (χ2n) is 3.71. The Bertz CT molecular complexity index is 353. The van der Waals surface area contributed by atoms with Crippen LogP contribution in [0.4, 0.5) is 5.69 Å². The van der Waals surface area contributed by atoms with Crippen molar-refractivity contribution in [3.05, 3.63) is 30.3 Å². The Morgan fingerprint density at radius 3 is 2.60 bits per heavy atom. The fourth-order valence-corrected chi connectivity index (χ4v) is 1.83. The summed E-state index contributed by atoms with van der Waals surface area (Å²) in [6, 6.07) is 9.59. The predicted octanol–water partition coefficient (Wildman–Crippen LogP) is 0.535. The average molecular weight is 206 g/mol. The molecule has 2 atom stereocenters. The van der Waals surface area contributed by atoms with E-state index >= 15 is 0 Å². The van der Waals surface area contributed by atoms with Gasteiger partial charge in [-0.1, -0.05) is 18.2 Å². The first kappa shape index (κ1) is 9.98. The van der Waals surface area contributed by atoms with Crippen LogP contribution < -0.4 is 10.4 Å². The topological polar surface area (TPSA) is 52.6 Å². The molecule has 1 heterocycles. The molecule has 2 unspecified atom stereocenters. The molecule has 80 valence electrons. The van der Waals surface area contributed by atoms with E-state index in [1.54, 1.807) is 5.01 Å². The van der Waals surface area contributed by atoms with Crippen molar-refractivity contribution < 1.29 is 9.90 Å². The van der Waals surface area contributed by atoms with Gasteiger partial charge >= 0.3 is 0 Å². The lowest BCUT2D eigenvalue weighted by Crippen LogP contribution is -2.37. The number of aliphatic hydroxyl groups excluding tert-OH is 1. The number of hydrazine groups is 1. The van der Waals surface area contributed by atoms with Crippen molar-refractivity contribution in [2.75, 3.05) is 11.6 Å². The summed E-state index contributed by atoms with van der Waals surface area (Å²) in [6.07, 6.45) is 0. The third-order valence-electron chi connectivity index (χ3n) is 2.79. The molecular formula is C11H14N2O2. The van der Waals surface area contributed by atoms with Crippen LogP contribution >= 0.6 is 0 Å². The largest absolute Gasteiger partial charge is 0.395 e. The van der Waals surface area contributed by atoms with Gasteiger partial charge in [0.2, 0.25) is 5.91 Å². The van der Waals surface area contributed by atoms with Crippen molar-refractivity contribution in [1.82, 2.24) is 5.43 Å². The van der Waals surface area contributed by atoms with E-state index in [0.717, 1.165) is 5.69 Å². The van der Waals surface area contributed by atoms with Gasteiger partial charge in [0.05, 0.1) is 24.3 Å². The summed E-state index contributed by atoms with van der Waals surface area (Å²) < 4.78 is 0. The molecule has 1 fully saturated rings. The Kier molecular flexibility index (Phi) is 2.60. The fourth-order valence-electron chi connectivity index (χ4n) is 1.83. The van der Waals surface area contributed by atoms with Gasteiger partial charge in [0, 0.05) is 0 Å². The monoisotopic (exact) mass is 206 g/mol. The Hall–Kier alpha value is -1.55. The van der Waals surface area contributed by atoms with Crippen LogP contribution in [0.25, 0.3) is 0 Å². The first-order chi connectivity index (χ1) is 7.24. The molecule has 1 aliphatic rings. The summed E-state index contributed by atoms with van der Waals surface area (Å²) in [5, 5.41) is 10.9. The van der Waals surface area contributed by atoms with E-state index in [9.17, 15) is 4.79 Å². The number of nitrogens with one attached hydrogen (secondary N) is 1. The quantitative estimate of drug-likeness (QED) is 0.742. The SMILES string of the molecule is CC1C(CO)C(=O)NN1c1ccccc1. The number of amides is 1. The maximum absolute atomic E-state index is 11.5. The molecule has 0 aliphatic carbocycles. The van der Waals surface area contributed by atoms with Crippen LogP contribution in [-0.2, 0) is 4.79 Å². The number of hydrogen-bond acceptors (Lipinski definition) is 3. The summed E-state index contributed by atoms with van der Waals surface area (Å²) in [7, 11) is 0. The summed E-state index contributed by atoms with van der Waals surface area (Å²) in [4.78, 5) is 11.5. The maximum Gasteiger partial charge on any atom is 0.246 e. The molecule has 4 heteroatoms. The van der Waals surface area contributed by atoms with Crippen molar-refractivity contribution in [2.24, 2.45) is 5.92 Å². The second kappa shape index (κ2) is 3.90. The number of aliphatic hydroxyl groups is 1. The van der Waals surface area contributed by atoms with E-state index in [0.29, 0.717) is 0 Å². The minimum absolute atomic E-state index is 0.0232. The molecule has 0 saturated carbocycles. The van der Waals surface area contributed by atoms with Crippen molar-refractivity contribution in [3.63, 3.8) is 0 Å². The average Bonchev–Trinajstić information content (AvgIpc) is 2.55. The molecule has 4 nitrogen and oxygen atoms in total. The normalized spacial score (nSPS) is 25.5. The third kappa shape index (κ3) is 1.68. The van der Waals surface area contributed by atoms with Gasteiger partial charge in [-0.3, -0.25) is 15.2 Å². The number of nitrogens with zero attached hydrogens (tertiary/aromatic N) is 1. The Morgan fingerprint density at radius 1 is 1.40 bits per heavy atom. The predicted molar refractivity (Wildman–Crippen MR) is 57.1 cm³/mol. The number of hydrogen-bond donors (Lipinski definition) is 2. The lowest BCUT2D eigenvalue weighted by molar-refractivity contribution is -0.123. The van der Waals surface area contributed by atoms with E-state index < -0.39 is 0 Å². The van der Waals surface area contributed by atoms with Gasteiger partial charge in [0.1, 0.15) is 0 Å². The van der Waals surface area contributed by atoms with Crippen LogP contribution in [0.3, 0.4) is 0 Å². The molecule has 0 radical (unpaired) electrons. The lowest BCUT2D eigenvalue weighted by Gasteiger charge is -2.23. The number of anilines is 1. The number of benzene rings is 1. The summed E-state index contributed by atoms with van der Waals surface area (Å²) >= 11 is 0. The molecule has 1 saturated heterocycles. The zero-order chi connectivity index (χ0) is 10.8. The first-order valence-electron chi connectivity index (χ1n) is 4.99. The molecule has 0 bridgehead atoms. The van der Waals surface area contributed by atoms with Crippen molar-refractivity contribution in [2.45, 2.75) is 13.0 Å². The van der Waals surface area contributed by atoms with E-state index in [4.69, 9.17) is 5.11 Å². The van der Waals surface area contributed by atoms with Crippen LogP contribution in [0, 0.1) is 5.92 Å². The van der Waals surface area contributed by atoms with Gasteiger partial charge in [0.25, 0.3) is 0 Å². The van der Waals surface area contributed by atoms with Crippen LogP contribution in [0.2, 0.25) is 0 Å². The summed E-state index contributed by atoms with van der Waals surface area (Å²) in [6.45, 7) is 1.81. The third-order valence-corrected chi connectivity index (χ3v) is 2.79. The minimum atomic E-state index is -0.342. The standard InChI is InChI=1S/C11H14N2O2/c1-8-10(7-14)11(15)12-13(8)9-5-3-2-4-6-9/h2-6,8,10,14H,7H2,1H3,(H,12,15). The fraction of sp³-hybridized carbons (Fsp3) is 0.364. The molecule has 2 rings (SSSR count). The molecule has 1 aromatic rings. The van der Waals surface area contributed by atoms with Crippen LogP contribution in [0.1, 0.15) is 6.92 Å². The number of carbonyl (C=O) groups excluding carboxylic acids is 1. The van der Waals surface area contributed by atoms with Crippen molar-refractivity contribution >= 4 is 11.6 Å². The van der Waals surface area contributed by atoms with Crippen LogP contribution in [-0.4, -0.2) is 23.7 Å². The van der Waals surface area contributed by atoms with Gasteiger partial charge in [-0.05, 0) is 19.1 Å². The number of rotatable bonds is 2. The molecular weight excluding hydrogens is 192 g/mol. The van der Waals surface area contributed by atoms with Gasteiger partial charge in [0.15, 0.2) is 0 Å². The summed E-state index contributed by atoms with van der Waals surface area (Å²) in [5.74, 6) is -0.459. The number of para-hydroxylation sites is 1. The molecule has 1 aliphatic heterocycles. The van der Waals surface area contributed by atoms with Gasteiger partial charge in [-0.15, -0.1) is 0 Å². The first-order valence-corrected chi connectivity index (χ1v) is 4.99. The molecule has 15 heavy (non-hydrogen) atoms. The molecule has 1 aromatic carbocycles. The smallest absolute Gasteiger partial charge is 0.246 e. The van der Waals surface area contributed by atoms with Gasteiger partial charge in [-0.2, -0.15) is 0 Å². The van der Waals surface area contributed by atoms with E-state index in [1.807, 2.05) is 37.3 Å². The van der Waals surface area contributed by atoms with Gasteiger partial charge < -0.3 is 5.11 Å². The molecule has 0 spiro atoms. The lowest BCUT2D eigenvalue weighted by atomic mass is 10.0. The van der Waals surface area contributed by atoms with Crippen molar-refractivity contribution in [1.29, 1.82) is 0 Å². The van der Waals surface area contributed by atoms with Crippen LogP contribution in [0.5, 0.6) is 0 Å². The highest BCUT2D eigenvalue weighted by Crippen LogP contribution is 2.23. The van der Waals surface area contributed by atoms with Crippen LogP contribution in [0.15, 0.2) is 30.3 Å². The molecule has 1 amide bonds. The van der Waals surface area contributed by atoms with Crippen molar-refractivity contribution in [3.8, 4) is 0 Å². The minimum Gasteiger partial charge on any atom is -0.395 e. The highest BCUT2D eigenvalue weighted by Gasteiger charge is 2.37. The van der Waals surface area contributed by atoms with E-state index in [1.165, 1.54) is 0 Å². The van der Waals surface area contributed by atoms with Gasteiger partial charge in [-0.25, -0.2) is 0 Å². The Balaban J connectivity index is 2.23. The zero-order valence-corrected chi connectivity index (χ0v) is 8.55. The second-order valence-corrected chi connectivity index (χ2v) is 3.71. The molecule has 0 aromatic heterocycles. The Labute approximate surface area is 88.5 Å². The van der Waals surface area contributed by atoms with E-state index in [-0.39, 0.29) is 24.5 Å². The zero-order valence-electron chi connectivity index (χ0n) is 8.55. The Morgan fingerprint density at radius 2 is 2.07 bits per heavy atom. The summed E-state index contributed by atoms with van der Waals surface area (Å²) in [5.41, 5.74) is 3.69. The highest BCUT2D eigenvalue weighted by molar-refractivity contribution is 5.85. The molecule has 2 N–H and O–H groups in total. The highest BCUT2D eigenvalue weighted by atomic mass is 16.3. The number of carbonyl (C=O) groups is 1. The maximum atomic E-state index is 11.5.